The van der Waals surface area contributed by atoms with Crippen molar-refractivity contribution in [3.05, 3.63) is 29.3 Å². The number of ketones is 1. The standard InChI is InChI=1S/C12H13NO2/c14-8-13-11-6-3-5-10-9(11)4-1-2-7-12(10)15/h3,5-6,8H,1-2,4,7H2,(H,13,14). The molecule has 0 atom stereocenters. The van der Waals surface area contributed by atoms with Gasteiger partial charge in [0.2, 0.25) is 6.41 Å². The summed E-state index contributed by atoms with van der Waals surface area (Å²) in [5, 5.41) is 2.65. The van der Waals surface area contributed by atoms with Crippen LogP contribution >= 0.6 is 0 Å². The minimum Gasteiger partial charge on any atom is -0.328 e. The molecular formula is C12H13NO2. The molecular weight excluding hydrogens is 190 g/mol. The fraction of sp³-hybridized carbons (Fsp3) is 0.333. The Hall–Kier alpha value is -1.64. The molecule has 15 heavy (non-hydrogen) atoms. The molecule has 0 bridgehead atoms. The molecule has 1 amide bonds. The van der Waals surface area contributed by atoms with Gasteiger partial charge in [-0.3, -0.25) is 9.59 Å². The summed E-state index contributed by atoms with van der Waals surface area (Å²) < 4.78 is 0. The quantitative estimate of drug-likeness (QED) is 0.591. The van der Waals surface area contributed by atoms with E-state index in [2.05, 4.69) is 5.32 Å². The molecule has 1 N–H and O–H groups in total. The highest BCUT2D eigenvalue weighted by molar-refractivity contribution is 5.99. The molecule has 0 spiro atoms. The molecule has 3 nitrogen and oxygen atoms in total. The summed E-state index contributed by atoms with van der Waals surface area (Å²) in [6.07, 6.45) is 4.10. The first kappa shape index (κ1) is 9.90. The summed E-state index contributed by atoms with van der Waals surface area (Å²) in [6, 6.07) is 5.50. The lowest BCUT2D eigenvalue weighted by Crippen LogP contribution is -2.04. The summed E-state index contributed by atoms with van der Waals surface area (Å²) in [5.41, 5.74) is 2.55. The Balaban J connectivity index is 2.47. The molecule has 2 rings (SSSR count). The van der Waals surface area contributed by atoms with Gasteiger partial charge in [0.1, 0.15) is 0 Å². The Morgan fingerprint density at radius 2 is 2.00 bits per heavy atom. The van der Waals surface area contributed by atoms with Crippen LogP contribution in [0.5, 0.6) is 0 Å². The summed E-state index contributed by atoms with van der Waals surface area (Å²) in [6.45, 7) is 0. The number of fused-ring (bicyclic) bond motifs is 1. The van der Waals surface area contributed by atoms with E-state index in [9.17, 15) is 9.59 Å². The van der Waals surface area contributed by atoms with Gasteiger partial charge in [-0.1, -0.05) is 12.1 Å². The van der Waals surface area contributed by atoms with Gasteiger partial charge < -0.3 is 5.32 Å². The van der Waals surface area contributed by atoms with Crippen molar-refractivity contribution >= 4 is 17.9 Å². The van der Waals surface area contributed by atoms with Crippen LogP contribution in [0.25, 0.3) is 0 Å². The van der Waals surface area contributed by atoms with Gasteiger partial charge >= 0.3 is 0 Å². The van der Waals surface area contributed by atoms with E-state index in [4.69, 9.17) is 0 Å². The van der Waals surface area contributed by atoms with Crippen LogP contribution in [0.3, 0.4) is 0 Å². The van der Waals surface area contributed by atoms with E-state index in [0.717, 1.165) is 36.1 Å². The monoisotopic (exact) mass is 203 g/mol. The van der Waals surface area contributed by atoms with Gasteiger partial charge in [-0.15, -0.1) is 0 Å². The molecule has 0 radical (unpaired) electrons. The van der Waals surface area contributed by atoms with Gasteiger partial charge in [-0.2, -0.15) is 0 Å². The Morgan fingerprint density at radius 3 is 2.80 bits per heavy atom. The molecule has 1 aromatic rings. The molecule has 1 aliphatic rings. The Labute approximate surface area is 88.5 Å². The van der Waals surface area contributed by atoms with Gasteiger partial charge in [-0.25, -0.2) is 0 Å². The van der Waals surface area contributed by atoms with E-state index in [1.54, 1.807) is 0 Å². The lowest BCUT2D eigenvalue weighted by atomic mass is 10.0. The van der Waals surface area contributed by atoms with E-state index < -0.39 is 0 Å². The summed E-state index contributed by atoms with van der Waals surface area (Å²) in [7, 11) is 0. The van der Waals surface area contributed by atoms with Crippen molar-refractivity contribution < 1.29 is 9.59 Å². The minimum atomic E-state index is 0.192. The fourth-order valence-electron chi connectivity index (χ4n) is 2.04. The number of amides is 1. The topological polar surface area (TPSA) is 46.2 Å². The Kier molecular flexibility index (Phi) is 2.81. The molecule has 0 heterocycles. The summed E-state index contributed by atoms with van der Waals surface area (Å²) in [4.78, 5) is 22.2. The van der Waals surface area contributed by atoms with Crippen molar-refractivity contribution in [1.82, 2.24) is 0 Å². The van der Waals surface area contributed by atoms with Gasteiger partial charge in [0, 0.05) is 17.7 Å². The van der Waals surface area contributed by atoms with Gasteiger partial charge in [-0.05, 0) is 30.9 Å². The average molecular weight is 203 g/mol. The van der Waals surface area contributed by atoms with Crippen LogP contribution in [0.15, 0.2) is 18.2 Å². The smallest absolute Gasteiger partial charge is 0.211 e. The lowest BCUT2D eigenvalue weighted by Gasteiger charge is -2.09. The molecule has 1 aromatic carbocycles. The average Bonchev–Trinajstić information content (AvgIpc) is 2.43. The number of hydrogen-bond donors (Lipinski definition) is 1. The van der Waals surface area contributed by atoms with Crippen molar-refractivity contribution in [2.45, 2.75) is 25.7 Å². The number of hydrogen-bond acceptors (Lipinski definition) is 2. The number of rotatable bonds is 2. The maximum Gasteiger partial charge on any atom is 0.211 e. The van der Waals surface area contributed by atoms with Gasteiger partial charge in [0.25, 0.3) is 0 Å². The van der Waals surface area contributed by atoms with Crippen molar-refractivity contribution in [3.63, 3.8) is 0 Å². The number of carbonyl (C=O) groups excluding carboxylic acids is 2. The summed E-state index contributed by atoms with van der Waals surface area (Å²) in [5.74, 6) is 0.192. The largest absolute Gasteiger partial charge is 0.328 e. The molecule has 3 heteroatoms. The first-order valence-corrected chi connectivity index (χ1v) is 5.18. The molecule has 0 aliphatic heterocycles. The van der Waals surface area contributed by atoms with E-state index in [1.165, 1.54) is 0 Å². The number of Topliss-reactive ketones (excluding diaryl/α,β-unsaturated/α-hetero) is 1. The zero-order valence-electron chi connectivity index (χ0n) is 8.45. The van der Waals surface area contributed by atoms with Crippen molar-refractivity contribution in [3.8, 4) is 0 Å². The first-order valence-electron chi connectivity index (χ1n) is 5.18. The highest BCUT2D eigenvalue weighted by atomic mass is 16.1. The zero-order chi connectivity index (χ0) is 10.7. The van der Waals surface area contributed by atoms with E-state index in [-0.39, 0.29) is 5.78 Å². The second-order valence-electron chi connectivity index (χ2n) is 3.72. The van der Waals surface area contributed by atoms with Crippen LogP contribution in [0.1, 0.15) is 35.2 Å². The molecule has 78 valence electrons. The predicted molar refractivity (Wildman–Crippen MR) is 58.0 cm³/mol. The Morgan fingerprint density at radius 1 is 1.20 bits per heavy atom. The highest BCUT2D eigenvalue weighted by Gasteiger charge is 2.17. The zero-order valence-corrected chi connectivity index (χ0v) is 8.45. The predicted octanol–water partition coefficient (Wildman–Crippen LogP) is 2.16. The van der Waals surface area contributed by atoms with Gasteiger partial charge in [0.15, 0.2) is 5.78 Å². The maximum atomic E-state index is 11.7. The van der Waals surface area contributed by atoms with E-state index in [1.807, 2.05) is 18.2 Å². The van der Waals surface area contributed by atoms with Crippen LogP contribution in [0.4, 0.5) is 5.69 Å². The second-order valence-corrected chi connectivity index (χ2v) is 3.72. The van der Waals surface area contributed by atoms with Gasteiger partial charge in [0.05, 0.1) is 0 Å². The molecule has 0 aromatic heterocycles. The summed E-state index contributed by atoms with van der Waals surface area (Å²) >= 11 is 0. The first-order chi connectivity index (χ1) is 7.33. The maximum absolute atomic E-state index is 11.7. The normalized spacial score (nSPS) is 15.3. The SMILES string of the molecule is O=CNc1cccc2c1CCCCC2=O. The van der Waals surface area contributed by atoms with Crippen molar-refractivity contribution in [2.24, 2.45) is 0 Å². The minimum absolute atomic E-state index is 0.192. The van der Waals surface area contributed by atoms with Crippen LogP contribution in [-0.2, 0) is 11.2 Å². The van der Waals surface area contributed by atoms with Crippen LogP contribution < -0.4 is 5.32 Å². The van der Waals surface area contributed by atoms with Crippen molar-refractivity contribution in [1.29, 1.82) is 0 Å². The van der Waals surface area contributed by atoms with Crippen molar-refractivity contribution in [2.75, 3.05) is 5.32 Å². The number of benzene rings is 1. The fourth-order valence-corrected chi connectivity index (χ4v) is 2.04. The third-order valence-electron chi connectivity index (χ3n) is 2.77. The molecule has 1 aliphatic carbocycles. The number of carbonyl (C=O) groups is 2. The molecule has 0 unspecified atom stereocenters. The Bertz CT molecular complexity index is 399. The third kappa shape index (κ3) is 1.91. The van der Waals surface area contributed by atoms with E-state index in [0.29, 0.717) is 12.8 Å². The molecule has 0 fully saturated rings. The third-order valence-corrected chi connectivity index (χ3v) is 2.77. The second kappa shape index (κ2) is 4.26. The highest BCUT2D eigenvalue weighted by Crippen LogP contribution is 2.26. The number of anilines is 1. The van der Waals surface area contributed by atoms with E-state index >= 15 is 0 Å². The van der Waals surface area contributed by atoms with Crippen LogP contribution in [0, 0.1) is 0 Å². The van der Waals surface area contributed by atoms with Crippen LogP contribution in [-0.4, -0.2) is 12.2 Å². The number of nitrogens with one attached hydrogen (secondary N) is 1. The molecule has 0 saturated heterocycles. The lowest BCUT2D eigenvalue weighted by molar-refractivity contribution is -0.105. The molecule has 0 saturated carbocycles. The van der Waals surface area contributed by atoms with Crippen LogP contribution in [0.2, 0.25) is 0 Å².